The molecule has 4 rings (SSSR count). The van der Waals surface area contributed by atoms with Crippen LogP contribution in [0.5, 0.6) is 5.75 Å². The van der Waals surface area contributed by atoms with Gasteiger partial charge in [0.1, 0.15) is 12.4 Å². The minimum atomic E-state index is -0.320. The van der Waals surface area contributed by atoms with E-state index in [1.54, 1.807) is 6.08 Å². The Balaban J connectivity index is 1.67. The summed E-state index contributed by atoms with van der Waals surface area (Å²) < 4.78 is 11.1. The van der Waals surface area contributed by atoms with Gasteiger partial charge < -0.3 is 9.47 Å². The first-order valence-corrected chi connectivity index (χ1v) is 9.05. The van der Waals surface area contributed by atoms with E-state index < -0.39 is 0 Å². The molecule has 3 aromatic rings. The number of fused-ring (bicyclic) bond motifs is 3. The second-order valence-electron chi connectivity index (χ2n) is 6.34. The maximum absolute atomic E-state index is 12.0. The molecule has 1 aliphatic carbocycles. The van der Waals surface area contributed by atoms with Crippen molar-refractivity contribution in [1.29, 1.82) is 0 Å². The Morgan fingerprint density at radius 2 is 1.56 bits per heavy atom. The van der Waals surface area contributed by atoms with E-state index >= 15 is 0 Å². The van der Waals surface area contributed by atoms with Crippen molar-refractivity contribution in [3.8, 4) is 16.9 Å². The molecule has 0 spiro atoms. The van der Waals surface area contributed by atoms with Crippen LogP contribution >= 0.6 is 0 Å². The van der Waals surface area contributed by atoms with Crippen molar-refractivity contribution in [2.75, 3.05) is 6.61 Å². The maximum atomic E-state index is 12.0. The van der Waals surface area contributed by atoms with Crippen molar-refractivity contribution in [3.05, 3.63) is 95.6 Å². The second kappa shape index (κ2) is 7.50. The van der Waals surface area contributed by atoms with Crippen LogP contribution in [-0.4, -0.2) is 12.6 Å². The van der Waals surface area contributed by atoms with Crippen LogP contribution < -0.4 is 4.74 Å². The summed E-state index contributed by atoms with van der Waals surface area (Å²) in [6.07, 6.45) is 1.58. The molecule has 3 heteroatoms. The normalized spacial score (nSPS) is 13.1. The van der Waals surface area contributed by atoms with Crippen LogP contribution in [0.3, 0.4) is 0 Å². The van der Waals surface area contributed by atoms with E-state index in [4.69, 9.17) is 9.47 Å². The van der Waals surface area contributed by atoms with Crippen LogP contribution in [0.25, 0.3) is 16.7 Å². The van der Waals surface area contributed by atoms with Crippen LogP contribution in [0.2, 0.25) is 0 Å². The molecule has 1 aliphatic rings. The van der Waals surface area contributed by atoms with E-state index in [0.717, 1.165) is 39.1 Å². The van der Waals surface area contributed by atoms with Crippen molar-refractivity contribution >= 4 is 11.5 Å². The van der Waals surface area contributed by atoms with E-state index in [0.29, 0.717) is 13.2 Å². The quantitative estimate of drug-likeness (QED) is 0.362. The van der Waals surface area contributed by atoms with E-state index in [1.165, 1.54) is 0 Å². The van der Waals surface area contributed by atoms with E-state index in [1.807, 2.05) is 73.7 Å². The van der Waals surface area contributed by atoms with Gasteiger partial charge in [0.15, 0.2) is 0 Å². The molecule has 0 aromatic heterocycles. The predicted molar refractivity (Wildman–Crippen MR) is 106 cm³/mol. The topological polar surface area (TPSA) is 35.5 Å². The Labute approximate surface area is 158 Å². The van der Waals surface area contributed by atoms with Crippen molar-refractivity contribution in [2.45, 2.75) is 13.5 Å². The summed E-state index contributed by atoms with van der Waals surface area (Å²) in [4.78, 5) is 12.0. The molecule has 0 fully saturated rings. The average molecular weight is 356 g/mol. The second-order valence-corrected chi connectivity index (χ2v) is 6.34. The molecular weight excluding hydrogens is 336 g/mol. The molecule has 27 heavy (non-hydrogen) atoms. The maximum Gasteiger partial charge on any atom is 0.331 e. The van der Waals surface area contributed by atoms with Gasteiger partial charge in [0.2, 0.25) is 0 Å². The van der Waals surface area contributed by atoms with Crippen molar-refractivity contribution < 1.29 is 14.3 Å². The zero-order valence-corrected chi connectivity index (χ0v) is 15.1. The number of esters is 1. The zero-order chi connectivity index (χ0) is 18.6. The third-order valence-electron chi connectivity index (χ3n) is 4.59. The van der Waals surface area contributed by atoms with Gasteiger partial charge >= 0.3 is 5.97 Å². The molecular formula is C24H20O3. The first kappa shape index (κ1) is 17.1. The molecule has 0 saturated heterocycles. The Morgan fingerprint density at radius 3 is 2.33 bits per heavy atom. The molecule has 0 aliphatic heterocycles. The SMILES string of the molecule is CCOC(=O)/C=C1\c2ccccc2-c2cc(OCc3ccccc3)ccc21. The number of ether oxygens (including phenoxy) is 2. The van der Waals surface area contributed by atoms with Gasteiger partial charge in [-0.1, -0.05) is 60.7 Å². The van der Waals surface area contributed by atoms with Crippen molar-refractivity contribution in [1.82, 2.24) is 0 Å². The summed E-state index contributed by atoms with van der Waals surface area (Å²) in [6, 6.07) is 24.2. The molecule has 0 radical (unpaired) electrons. The molecule has 3 nitrogen and oxygen atoms in total. The van der Waals surface area contributed by atoms with E-state index in [9.17, 15) is 4.79 Å². The fourth-order valence-corrected chi connectivity index (χ4v) is 3.37. The highest BCUT2D eigenvalue weighted by atomic mass is 16.5. The predicted octanol–water partition coefficient (Wildman–Crippen LogP) is 5.24. The molecule has 134 valence electrons. The summed E-state index contributed by atoms with van der Waals surface area (Å²) in [5.41, 5.74) is 6.27. The van der Waals surface area contributed by atoms with Crippen LogP contribution in [0.1, 0.15) is 23.6 Å². The zero-order valence-electron chi connectivity index (χ0n) is 15.1. The summed E-state index contributed by atoms with van der Waals surface area (Å²) in [5, 5.41) is 0. The number of carbonyl (C=O) groups is 1. The lowest BCUT2D eigenvalue weighted by molar-refractivity contribution is -0.137. The third kappa shape index (κ3) is 3.49. The summed E-state index contributed by atoms with van der Waals surface area (Å²) in [5.74, 6) is 0.490. The summed E-state index contributed by atoms with van der Waals surface area (Å²) >= 11 is 0. The lowest BCUT2D eigenvalue weighted by atomic mass is 10.0. The lowest BCUT2D eigenvalue weighted by Gasteiger charge is -2.09. The highest BCUT2D eigenvalue weighted by molar-refractivity contribution is 6.07. The van der Waals surface area contributed by atoms with Crippen LogP contribution in [0.15, 0.2) is 78.9 Å². The number of benzene rings is 3. The molecule has 0 unspecified atom stereocenters. The molecule has 0 N–H and O–H groups in total. The van der Waals surface area contributed by atoms with Crippen LogP contribution in [0, 0.1) is 0 Å². The van der Waals surface area contributed by atoms with Gasteiger partial charge in [-0.05, 0) is 52.4 Å². The summed E-state index contributed by atoms with van der Waals surface area (Å²) in [6.45, 7) is 2.69. The molecule has 3 aromatic carbocycles. The number of rotatable bonds is 5. The van der Waals surface area contributed by atoms with Crippen LogP contribution in [-0.2, 0) is 16.1 Å². The third-order valence-corrected chi connectivity index (χ3v) is 4.59. The van der Waals surface area contributed by atoms with E-state index in [2.05, 4.69) is 6.07 Å². The number of carbonyl (C=O) groups excluding carboxylic acids is 1. The van der Waals surface area contributed by atoms with Gasteiger partial charge in [-0.15, -0.1) is 0 Å². The Bertz CT molecular complexity index is 1000. The van der Waals surface area contributed by atoms with Crippen LogP contribution in [0.4, 0.5) is 0 Å². The molecule has 0 atom stereocenters. The highest BCUT2D eigenvalue weighted by Gasteiger charge is 2.24. The lowest BCUT2D eigenvalue weighted by Crippen LogP contribution is -2.00. The van der Waals surface area contributed by atoms with Gasteiger partial charge in [-0.25, -0.2) is 4.79 Å². The minimum absolute atomic E-state index is 0.320. The smallest absolute Gasteiger partial charge is 0.331 e. The van der Waals surface area contributed by atoms with E-state index in [-0.39, 0.29) is 5.97 Å². The average Bonchev–Trinajstić information content (AvgIpc) is 3.01. The number of hydrogen-bond acceptors (Lipinski definition) is 3. The fourth-order valence-electron chi connectivity index (χ4n) is 3.37. The van der Waals surface area contributed by atoms with Gasteiger partial charge in [-0.2, -0.15) is 0 Å². The van der Waals surface area contributed by atoms with Gasteiger partial charge in [0.05, 0.1) is 6.61 Å². The standard InChI is InChI=1S/C24H20O3/c1-2-26-24(25)15-23-20-11-7-6-10-19(20)22-14-18(12-13-21(22)23)27-16-17-8-4-3-5-9-17/h3-15H,2,16H2,1H3/b23-15+. The number of hydrogen-bond donors (Lipinski definition) is 0. The largest absolute Gasteiger partial charge is 0.489 e. The molecule has 0 saturated carbocycles. The minimum Gasteiger partial charge on any atom is -0.489 e. The first-order chi connectivity index (χ1) is 13.3. The highest BCUT2D eigenvalue weighted by Crippen LogP contribution is 2.45. The Kier molecular flexibility index (Phi) is 4.75. The monoisotopic (exact) mass is 356 g/mol. The van der Waals surface area contributed by atoms with Gasteiger partial charge in [-0.3, -0.25) is 0 Å². The first-order valence-electron chi connectivity index (χ1n) is 9.05. The van der Waals surface area contributed by atoms with Gasteiger partial charge in [0, 0.05) is 6.08 Å². The van der Waals surface area contributed by atoms with Gasteiger partial charge in [0.25, 0.3) is 0 Å². The van der Waals surface area contributed by atoms with Crippen molar-refractivity contribution in [3.63, 3.8) is 0 Å². The summed E-state index contributed by atoms with van der Waals surface area (Å²) in [7, 11) is 0. The fraction of sp³-hybridized carbons (Fsp3) is 0.125. The molecule has 0 bridgehead atoms. The molecule has 0 heterocycles. The molecule has 0 amide bonds. The Morgan fingerprint density at radius 1 is 0.852 bits per heavy atom. The Hall–Kier alpha value is -3.33. The van der Waals surface area contributed by atoms with Crippen molar-refractivity contribution in [2.24, 2.45) is 0 Å².